The summed E-state index contributed by atoms with van der Waals surface area (Å²) in [5.74, 6) is 0.787. The van der Waals surface area contributed by atoms with Gasteiger partial charge in [-0.05, 0) is 47.3 Å². The van der Waals surface area contributed by atoms with Crippen LogP contribution in [0.1, 0.15) is 63.0 Å². The molecular weight excluding hydrogens is 220 g/mol. The van der Waals surface area contributed by atoms with E-state index in [4.69, 9.17) is 0 Å². The number of hydrogen-bond acceptors (Lipinski definition) is 1. The molecule has 0 amide bonds. The topological polar surface area (TPSA) is 17.1 Å². The third-order valence-electron chi connectivity index (χ3n) is 5.55. The van der Waals surface area contributed by atoms with Crippen LogP contribution in [0.15, 0.2) is 18.2 Å². The van der Waals surface area contributed by atoms with Gasteiger partial charge < -0.3 is 0 Å². The monoisotopic (exact) mass is 244 g/mol. The lowest BCUT2D eigenvalue weighted by atomic mass is 9.53. The summed E-state index contributed by atoms with van der Waals surface area (Å²) in [7, 11) is 0. The Kier molecular flexibility index (Phi) is 2.92. The number of ketones is 1. The number of benzene rings is 1. The van der Waals surface area contributed by atoms with Crippen LogP contribution in [0.4, 0.5) is 0 Å². The zero-order valence-corrected chi connectivity index (χ0v) is 12.4. The van der Waals surface area contributed by atoms with Crippen molar-refractivity contribution in [2.75, 3.05) is 0 Å². The molecule has 0 saturated carbocycles. The van der Waals surface area contributed by atoms with Gasteiger partial charge in [0.2, 0.25) is 0 Å². The van der Waals surface area contributed by atoms with Crippen LogP contribution in [0.2, 0.25) is 0 Å². The highest BCUT2D eigenvalue weighted by atomic mass is 16.1. The molecule has 0 fully saturated rings. The van der Waals surface area contributed by atoms with Crippen LogP contribution in [-0.2, 0) is 11.8 Å². The van der Waals surface area contributed by atoms with Crippen LogP contribution < -0.4 is 0 Å². The fraction of sp³-hybridized carbons (Fsp3) is 0.588. The van der Waals surface area contributed by atoms with E-state index < -0.39 is 0 Å². The summed E-state index contributed by atoms with van der Waals surface area (Å²) in [5.41, 5.74) is 4.04. The lowest BCUT2D eigenvalue weighted by molar-refractivity contribution is 0.0968. The molecule has 0 N–H and O–H groups in total. The van der Waals surface area contributed by atoms with Crippen LogP contribution in [0.5, 0.6) is 0 Å². The molecule has 1 atom stereocenters. The predicted octanol–water partition coefficient (Wildman–Crippen LogP) is 4.39. The molecule has 1 aromatic rings. The summed E-state index contributed by atoms with van der Waals surface area (Å²) < 4.78 is 0. The molecule has 0 aliphatic heterocycles. The van der Waals surface area contributed by atoms with E-state index in [9.17, 15) is 4.79 Å². The first-order chi connectivity index (χ1) is 8.18. The SMILES string of the molecule is CC(=O)c1ccc2c(c1)CC(C)C(C)(C)C2(C)C. The van der Waals surface area contributed by atoms with Gasteiger partial charge in [-0.2, -0.15) is 0 Å². The first kappa shape index (κ1) is 13.3. The standard InChI is InChI=1S/C17H24O/c1-11-9-14-10-13(12(2)18)7-8-15(14)17(5,6)16(11,3)4/h7-8,10-11H,9H2,1-6H3. The highest BCUT2D eigenvalue weighted by Gasteiger charge is 2.46. The summed E-state index contributed by atoms with van der Waals surface area (Å²) in [4.78, 5) is 11.5. The summed E-state index contributed by atoms with van der Waals surface area (Å²) in [6.45, 7) is 13.3. The first-order valence-corrected chi connectivity index (χ1v) is 6.82. The molecule has 0 spiro atoms. The van der Waals surface area contributed by atoms with Gasteiger partial charge in [-0.3, -0.25) is 4.79 Å². The largest absolute Gasteiger partial charge is 0.295 e. The Bertz CT molecular complexity index is 494. The van der Waals surface area contributed by atoms with Gasteiger partial charge in [0.05, 0.1) is 0 Å². The normalized spacial score (nSPS) is 24.4. The van der Waals surface area contributed by atoms with Crippen molar-refractivity contribution in [3.8, 4) is 0 Å². The Morgan fingerprint density at radius 1 is 1.22 bits per heavy atom. The lowest BCUT2D eigenvalue weighted by Crippen LogP contribution is -2.46. The van der Waals surface area contributed by atoms with Crippen LogP contribution in [-0.4, -0.2) is 5.78 Å². The molecular formula is C17H24O. The quantitative estimate of drug-likeness (QED) is 0.670. The van der Waals surface area contributed by atoms with Crippen molar-refractivity contribution < 1.29 is 4.79 Å². The molecule has 1 aromatic carbocycles. The van der Waals surface area contributed by atoms with Gasteiger partial charge in [0.25, 0.3) is 0 Å². The second-order valence-electron chi connectivity index (χ2n) is 6.88. The predicted molar refractivity (Wildman–Crippen MR) is 76.1 cm³/mol. The minimum atomic E-state index is 0.148. The van der Waals surface area contributed by atoms with Crippen LogP contribution in [0.25, 0.3) is 0 Å². The van der Waals surface area contributed by atoms with Crippen molar-refractivity contribution in [1.82, 2.24) is 0 Å². The smallest absolute Gasteiger partial charge is 0.159 e. The van der Waals surface area contributed by atoms with Crippen molar-refractivity contribution in [1.29, 1.82) is 0 Å². The van der Waals surface area contributed by atoms with E-state index in [1.54, 1.807) is 6.92 Å². The summed E-state index contributed by atoms with van der Waals surface area (Å²) in [6, 6.07) is 6.25. The Morgan fingerprint density at radius 2 is 1.83 bits per heavy atom. The molecule has 0 saturated heterocycles. The lowest BCUT2D eigenvalue weighted by Gasteiger charge is -2.51. The molecule has 1 nitrogen and oxygen atoms in total. The molecule has 1 aliphatic carbocycles. The van der Waals surface area contributed by atoms with Gasteiger partial charge in [0.15, 0.2) is 5.78 Å². The molecule has 0 heterocycles. The molecule has 1 aliphatic rings. The zero-order valence-electron chi connectivity index (χ0n) is 12.4. The Balaban J connectivity index is 2.60. The maximum atomic E-state index is 11.5. The second-order valence-corrected chi connectivity index (χ2v) is 6.88. The van der Waals surface area contributed by atoms with Gasteiger partial charge in [0, 0.05) is 5.56 Å². The van der Waals surface area contributed by atoms with Crippen LogP contribution >= 0.6 is 0 Å². The fourth-order valence-corrected chi connectivity index (χ4v) is 3.14. The van der Waals surface area contributed by atoms with E-state index in [-0.39, 0.29) is 16.6 Å². The number of fused-ring (bicyclic) bond motifs is 1. The molecule has 2 rings (SSSR count). The van der Waals surface area contributed by atoms with Crippen molar-refractivity contribution in [3.63, 3.8) is 0 Å². The molecule has 0 radical (unpaired) electrons. The van der Waals surface area contributed by atoms with Crippen molar-refractivity contribution in [3.05, 3.63) is 34.9 Å². The number of carbonyl (C=O) groups excluding carboxylic acids is 1. The average Bonchev–Trinajstić information content (AvgIpc) is 2.26. The van der Waals surface area contributed by atoms with Crippen molar-refractivity contribution >= 4 is 5.78 Å². The number of hydrogen-bond donors (Lipinski definition) is 0. The molecule has 1 heteroatoms. The van der Waals surface area contributed by atoms with Crippen LogP contribution in [0, 0.1) is 11.3 Å². The number of rotatable bonds is 1. The van der Waals surface area contributed by atoms with E-state index in [2.05, 4.69) is 46.8 Å². The van der Waals surface area contributed by atoms with Gasteiger partial charge >= 0.3 is 0 Å². The minimum Gasteiger partial charge on any atom is -0.295 e. The first-order valence-electron chi connectivity index (χ1n) is 6.82. The number of Topliss-reactive ketones (excluding diaryl/α,β-unsaturated/α-hetero) is 1. The molecule has 18 heavy (non-hydrogen) atoms. The average molecular weight is 244 g/mol. The van der Waals surface area contributed by atoms with Crippen molar-refractivity contribution in [2.24, 2.45) is 11.3 Å². The zero-order chi connectivity index (χ0) is 13.7. The molecule has 0 bridgehead atoms. The van der Waals surface area contributed by atoms with Crippen LogP contribution in [0.3, 0.4) is 0 Å². The summed E-state index contributed by atoms with van der Waals surface area (Å²) >= 11 is 0. The van der Waals surface area contributed by atoms with E-state index in [1.165, 1.54) is 11.1 Å². The minimum absolute atomic E-state index is 0.148. The highest BCUT2D eigenvalue weighted by Crippen LogP contribution is 2.52. The van der Waals surface area contributed by atoms with Gasteiger partial charge in [-0.25, -0.2) is 0 Å². The Hall–Kier alpha value is -1.11. The third-order valence-corrected chi connectivity index (χ3v) is 5.55. The van der Waals surface area contributed by atoms with Gasteiger partial charge in [-0.15, -0.1) is 0 Å². The molecule has 98 valence electrons. The Morgan fingerprint density at radius 3 is 2.39 bits per heavy atom. The van der Waals surface area contributed by atoms with E-state index in [1.807, 2.05) is 6.07 Å². The molecule has 1 unspecified atom stereocenters. The second kappa shape index (κ2) is 3.94. The maximum Gasteiger partial charge on any atom is 0.159 e. The van der Waals surface area contributed by atoms with E-state index >= 15 is 0 Å². The molecule has 0 aromatic heterocycles. The van der Waals surface area contributed by atoms with Gasteiger partial charge in [0.1, 0.15) is 0 Å². The van der Waals surface area contributed by atoms with E-state index in [0.29, 0.717) is 5.92 Å². The summed E-state index contributed by atoms with van der Waals surface area (Å²) in [6.07, 6.45) is 1.08. The third kappa shape index (κ3) is 1.72. The van der Waals surface area contributed by atoms with Crippen molar-refractivity contribution in [2.45, 2.75) is 53.4 Å². The maximum absolute atomic E-state index is 11.5. The summed E-state index contributed by atoms with van der Waals surface area (Å²) in [5, 5.41) is 0. The van der Waals surface area contributed by atoms with Gasteiger partial charge in [-0.1, -0.05) is 46.8 Å². The fourth-order valence-electron chi connectivity index (χ4n) is 3.14. The number of carbonyl (C=O) groups is 1. The Labute approximate surface area is 111 Å². The highest BCUT2D eigenvalue weighted by molar-refractivity contribution is 5.94. The van der Waals surface area contributed by atoms with E-state index in [0.717, 1.165) is 12.0 Å².